The van der Waals surface area contributed by atoms with Gasteiger partial charge in [-0.25, -0.2) is 9.97 Å². The van der Waals surface area contributed by atoms with Gasteiger partial charge in [-0.15, -0.1) is 0 Å². The number of halogens is 3. The predicted octanol–water partition coefficient (Wildman–Crippen LogP) is 4.14. The normalized spacial score (nSPS) is 13.8. The van der Waals surface area contributed by atoms with Gasteiger partial charge in [0.25, 0.3) is 0 Å². The van der Waals surface area contributed by atoms with Crippen LogP contribution in [0.5, 0.6) is 5.75 Å². The highest BCUT2D eigenvalue weighted by atomic mass is 19.4. The maximum Gasteiger partial charge on any atom is 0.416 e. The second-order valence-electron chi connectivity index (χ2n) is 6.25. The first-order valence-electron chi connectivity index (χ1n) is 8.47. The first-order chi connectivity index (χ1) is 13.3. The van der Waals surface area contributed by atoms with E-state index >= 15 is 0 Å². The fourth-order valence-corrected chi connectivity index (χ4v) is 3.16. The molecular weight excluding hydrogens is 373 g/mol. The highest BCUT2D eigenvalue weighted by Crippen LogP contribution is 2.41. The number of anilines is 3. The van der Waals surface area contributed by atoms with Gasteiger partial charge in [-0.05, 0) is 30.3 Å². The van der Waals surface area contributed by atoms with Crippen LogP contribution in [0.2, 0.25) is 0 Å². The maximum atomic E-state index is 13.0. The van der Waals surface area contributed by atoms with Crippen molar-refractivity contribution in [2.24, 2.45) is 0 Å². The molecule has 4 rings (SSSR count). The van der Waals surface area contributed by atoms with Crippen molar-refractivity contribution >= 4 is 34.0 Å². The molecule has 0 radical (unpaired) electrons. The van der Waals surface area contributed by atoms with Gasteiger partial charge in [-0.3, -0.25) is 4.79 Å². The molecule has 0 saturated carbocycles. The van der Waals surface area contributed by atoms with E-state index in [9.17, 15) is 18.0 Å². The molecule has 1 amide bonds. The van der Waals surface area contributed by atoms with Gasteiger partial charge in [-0.2, -0.15) is 13.2 Å². The third-order valence-electron chi connectivity index (χ3n) is 4.42. The van der Waals surface area contributed by atoms with Crippen LogP contribution in [-0.2, 0) is 11.0 Å². The highest BCUT2D eigenvalue weighted by Gasteiger charge is 2.30. The molecule has 1 aliphatic heterocycles. The summed E-state index contributed by atoms with van der Waals surface area (Å²) in [5.74, 6) is 0.591. The van der Waals surface area contributed by atoms with Crippen molar-refractivity contribution in [3.8, 4) is 5.75 Å². The molecule has 3 aromatic rings. The zero-order chi connectivity index (χ0) is 19.9. The predicted molar refractivity (Wildman–Crippen MR) is 97.8 cm³/mol. The number of benzene rings is 2. The Morgan fingerprint density at radius 3 is 2.79 bits per heavy atom. The number of fused-ring (bicyclic) bond motifs is 3. The average molecular weight is 388 g/mol. The molecule has 28 heavy (non-hydrogen) atoms. The Kier molecular flexibility index (Phi) is 4.29. The molecule has 1 N–H and O–H groups in total. The number of rotatable bonds is 2. The summed E-state index contributed by atoms with van der Waals surface area (Å²) in [6, 6.07) is 8.29. The van der Waals surface area contributed by atoms with Crippen LogP contribution in [0.3, 0.4) is 0 Å². The van der Waals surface area contributed by atoms with E-state index in [1.165, 1.54) is 25.4 Å². The van der Waals surface area contributed by atoms with Crippen molar-refractivity contribution in [3.63, 3.8) is 0 Å². The zero-order valence-corrected chi connectivity index (χ0v) is 14.7. The Balaban J connectivity index is 1.82. The van der Waals surface area contributed by atoms with Gasteiger partial charge in [0.2, 0.25) is 5.91 Å². The summed E-state index contributed by atoms with van der Waals surface area (Å²) in [6.45, 7) is 2.17. The lowest BCUT2D eigenvalue weighted by molar-refractivity contribution is -0.137. The Hall–Kier alpha value is -3.36. The largest absolute Gasteiger partial charge is 0.489 e. The Labute approximate surface area is 158 Å². The molecule has 0 fully saturated rings. The number of ether oxygens (including phenoxy) is 1. The smallest absolute Gasteiger partial charge is 0.416 e. The third kappa shape index (κ3) is 3.19. The van der Waals surface area contributed by atoms with Crippen molar-refractivity contribution in [1.29, 1.82) is 0 Å². The summed E-state index contributed by atoms with van der Waals surface area (Å²) in [4.78, 5) is 21.9. The Morgan fingerprint density at radius 1 is 1.21 bits per heavy atom. The van der Waals surface area contributed by atoms with Crippen molar-refractivity contribution < 1.29 is 22.7 Å². The molecule has 6 nitrogen and oxygen atoms in total. The summed E-state index contributed by atoms with van der Waals surface area (Å²) < 4.78 is 44.8. The molecule has 0 saturated heterocycles. The van der Waals surface area contributed by atoms with Crippen LogP contribution >= 0.6 is 0 Å². The molecule has 1 aliphatic rings. The highest BCUT2D eigenvalue weighted by molar-refractivity contribution is 6.04. The Bertz CT molecular complexity index is 1070. The summed E-state index contributed by atoms with van der Waals surface area (Å²) in [6.07, 6.45) is -3.13. The summed E-state index contributed by atoms with van der Waals surface area (Å²) >= 11 is 0. The standard InChI is InChI=1S/C19H15F3N4O2/c1-11(27)26-7-8-28-17-15(26)6-5-14-16(17)18(24-10-23-14)25-13-4-2-3-12(9-13)19(20,21)22/h2-6,9-10H,7-8H2,1H3,(H,23,24,25). The lowest BCUT2D eigenvalue weighted by atomic mass is 10.1. The monoisotopic (exact) mass is 388 g/mol. The van der Waals surface area contributed by atoms with Crippen LogP contribution in [0.25, 0.3) is 10.9 Å². The molecular formula is C19H15F3N4O2. The quantitative estimate of drug-likeness (QED) is 0.715. The SMILES string of the molecule is CC(=O)N1CCOc2c1ccc1ncnc(Nc3cccc(C(F)(F)F)c3)c21. The summed E-state index contributed by atoms with van der Waals surface area (Å²) in [7, 11) is 0. The van der Waals surface area contributed by atoms with E-state index in [1.807, 2.05) is 0 Å². The molecule has 0 bridgehead atoms. The molecule has 0 atom stereocenters. The number of aromatic nitrogens is 2. The Morgan fingerprint density at radius 2 is 2.04 bits per heavy atom. The minimum atomic E-state index is -4.45. The van der Waals surface area contributed by atoms with Gasteiger partial charge in [0.1, 0.15) is 18.8 Å². The molecule has 0 unspecified atom stereocenters. The molecule has 144 valence electrons. The zero-order valence-electron chi connectivity index (χ0n) is 14.7. The first kappa shape index (κ1) is 18.0. The van der Waals surface area contributed by atoms with Gasteiger partial charge < -0.3 is 15.0 Å². The molecule has 0 aliphatic carbocycles. The van der Waals surface area contributed by atoms with E-state index in [2.05, 4.69) is 15.3 Å². The summed E-state index contributed by atoms with van der Waals surface area (Å²) in [5, 5.41) is 3.42. The summed E-state index contributed by atoms with van der Waals surface area (Å²) in [5.41, 5.74) is 0.588. The third-order valence-corrected chi connectivity index (χ3v) is 4.42. The fourth-order valence-electron chi connectivity index (χ4n) is 3.16. The van der Waals surface area contributed by atoms with Crippen molar-refractivity contribution in [2.75, 3.05) is 23.4 Å². The van der Waals surface area contributed by atoms with Gasteiger partial charge in [0.15, 0.2) is 5.75 Å². The number of alkyl halides is 3. The van der Waals surface area contributed by atoms with Crippen LogP contribution < -0.4 is 15.0 Å². The van der Waals surface area contributed by atoms with E-state index in [1.54, 1.807) is 17.0 Å². The number of nitrogens with one attached hydrogen (secondary N) is 1. The number of carbonyl (C=O) groups excluding carboxylic acids is 1. The minimum absolute atomic E-state index is 0.131. The van der Waals surface area contributed by atoms with E-state index in [0.717, 1.165) is 12.1 Å². The van der Waals surface area contributed by atoms with Crippen LogP contribution in [-0.4, -0.2) is 29.0 Å². The van der Waals surface area contributed by atoms with E-state index in [-0.39, 0.29) is 11.6 Å². The topological polar surface area (TPSA) is 67.4 Å². The van der Waals surface area contributed by atoms with Crippen LogP contribution in [0, 0.1) is 0 Å². The lowest BCUT2D eigenvalue weighted by Crippen LogP contribution is -2.36. The second kappa shape index (κ2) is 6.66. The number of nitrogens with zero attached hydrogens (tertiary/aromatic N) is 3. The van der Waals surface area contributed by atoms with Crippen molar-refractivity contribution in [2.45, 2.75) is 13.1 Å². The number of hydrogen-bond donors (Lipinski definition) is 1. The van der Waals surface area contributed by atoms with E-state index in [0.29, 0.717) is 41.3 Å². The molecule has 2 aromatic carbocycles. The average Bonchev–Trinajstić information content (AvgIpc) is 2.67. The van der Waals surface area contributed by atoms with Gasteiger partial charge in [0, 0.05) is 12.6 Å². The fraction of sp³-hybridized carbons (Fsp3) is 0.211. The number of hydrogen-bond acceptors (Lipinski definition) is 5. The van der Waals surface area contributed by atoms with Gasteiger partial charge >= 0.3 is 6.18 Å². The van der Waals surface area contributed by atoms with Gasteiger partial charge in [-0.1, -0.05) is 6.07 Å². The lowest BCUT2D eigenvalue weighted by Gasteiger charge is -2.29. The molecule has 0 spiro atoms. The molecule has 1 aromatic heterocycles. The van der Waals surface area contributed by atoms with Crippen LogP contribution in [0.1, 0.15) is 12.5 Å². The first-order valence-corrected chi connectivity index (χ1v) is 8.47. The molecule has 9 heteroatoms. The van der Waals surface area contributed by atoms with Gasteiger partial charge in [0.05, 0.1) is 28.7 Å². The van der Waals surface area contributed by atoms with E-state index < -0.39 is 11.7 Å². The number of carbonyl (C=O) groups is 1. The van der Waals surface area contributed by atoms with E-state index in [4.69, 9.17) is 4.74 Å². The van der Waals surface area contributed by atoms with Crippen LogP contribution in [0.4, 0.5) is 30.4 Å². The number of amides is 1. The second-order valence-corrected chi connectivity index (χ2v) is 6.25. The van der Waals surface area contributed by atoms with Crippen LogP contribution in [0.15, 0.2) is 42.7 Å². The minimum Gasteiger partial charge on any atom is -0.489 e. The molecule has 2 heterocycles. The van der Waals surface area contributed by atoms with Crippen molar-refractivity contribution in [3.05, 3.63) is 48.3 Å². The van der Waals surface area contributed by atoms with Crippen molar-refractivity contribution in [1.82, 2.24) is 9.97 Å². The maximum absolute atomic E-state index is 13.0.